The molecule has 1 N–H and O–H groups in total. The van der Waals surface area contributed by atoms with Gasteiger partial charge in [-0.15, -0.1) is 0 Å². The Labute approximate surface area is 214 Å². The molecule has 7 nitrogen and oxygen atoms in total. The zero-order chi connectivity index (χ0) is 27.1. The number of nitrogens with one attached hydrogen (secondary N) is 1. The van der Waals surface area contributed by atoms with Crippen LogP contribution in [-0.2, 0) is 21.0 Å². The van der Waals surface area contributed by atoms with Gasteiger partial charge in [0.2, 0.25) is 0 Å². The first-order valence-corrected chi connectivity index (χ1v) is 12.9. The molecule has 196 valence electrons. The van der Waals surface area contributed by atoms with Gasteiger partial charge in [-0.3, -0.25) is 9.10 Å². The summed E-state index contributed by atoms with van der Waals surface area (Å²) in [6, 6.07) is 18.4. The van der Waals surface area contributed by atoms with E-state index < -0.39 is 34.2 Å². The van der Waals surface area contributed by atoms with Gasteiger partial charge in [0.1, 0.15) is 6.54 Å². The molecular formula is C26H27F3N4O3S. The molecule has 11 heteroatoms. The van der Waals surface area contributed by atoms with Gasteiger partial charge in [-0.25, -0.2) is 13.8 Å². The smallest absolute Gasteiger partial charge is 0.372 e. The van der Waals surface area contributed by atoms with Gasteiger partial charge in [0, 0.05) is 18.8 Å². The van der Waals surface area contributed by atoms with Crippen LogP contribution in [0.3, 0.4) is 0 Å². The fourth-order valence-corrected chi connectivity index (χ4v) is 5.01. The molecule has 1 amide bonds. The number of sulfonamides is 1. The van der Waals surface area contributed by atoms with E-state index in [1.165, 1.54) is 36.5 Å². The van der Waals surface area contributed by atoms with Gasteiger partial charge in [-0.2, -0.15) is 18.3 Å². The second kappa shape index (κ2) is 11.9. The van der Waals surface area contributed by atoms with E-state index in [1.807, 2.05) is 24.3 Å². The average Bonchev–Trinajstić information content (AvgIpc) is 2.89. The van der Waals surface area contributed by atoms with Crippen LogP contribution >= 0.6 is 0 Å². The summed E-state index contributed by atoms with van der Waals surface area (Å²) in [6.07, 6.45) is -3.30. The Bertz CT molecular complexity index is 1330. The molecular weight excluding hydrogens is 505 g/mol. The molecule has 0 aromatic heterocycles. The minimum Gasteiger partial charge on any atom is -0.372 e. The van der Waals surface area contributed by atoms with Gasteiger partial charge in [-0.1, -0.05) is 36.4 Å². The van der Waals surface area contributed by atoms with Crippen molar-refractivity contribution in [3.8, 4) is 0 Å². The van der Waals surface area contributed by atoms with E-state index in [4.69, 9.17) is 0 Å². The summed E-state index contributed by atoms with van der Waals surface area (Å²) in [4.78, 5) is 14.6. The largest absolute Gasteiger partial charge is 0.416 e. The number of hydrogen-bond donors (Lipinski definition) is 1. The number of hydrazone groups is 1. The first-order valence-electron chi connectivity index (χ1n) is 11.5. The van der Waals surface area contributed by atoms with E-state index in [-0.39, 0.29) is 10.6 Å². The lowest BCUT2D eigenvalue weighted by molar-refractivity contribution is -0.137. The first-order chi connectivity index (χ1) is 17.6. The van der Waals surface area contributed by atoms with Crippen molar-refractivity contribution in [2.45, 2.75) is 24.9 Å². The van der Waals surface area contributed by atoms with E-state index in [0.717, 1.165) is 30.9 Å². The number of anilines is 2. The van der Waals surface area contributed by atoms with Crippen LogP contribution in [-0.4, -0.2) is 40.2 Å². The van der Waals surface area contributed by atoms with Crippen LogP contribution < -0.4 is 14.6 Å². The van der Waals surface area contributed by atoms with Gasteiger partial charge in [0.15, 0.2) is 0 Å². The van der Waals surface area contributed by atoms with Crippen molar-refractivity contribution in [2.24, 2.45) is 5.10 Å². The molecule has 0 fully saturated rings. The highest BCUT2D eigenvalue weighted by Crippen LogP contribution is 2.33. The Morgan fingerprint density at radius 3 is 2.16 bits per heavy atom. The number of carbonyl (C=O) groups excluding carboxylic acids is 1. The predicted octanol–water partition coefficient (Wildman–Crippen LogP) is 4.90. The number of halogens is 3. The summed E-state index contributed by atoms with van der Waals surface area (Å²) in [7, 11) is -4.36. The lowest BCUT2D eigenvalue weighted by Crippen LogP contribution is -2.39. The number of benzene rings is 3. The first kappa shape index (κ1) is 27.7. The van der Waals surface area contributed by atoms with Gasteiger partial charge >= 0.3 is 6.18 Å². The fraction of sp³-hybridized carbons (Fsp3) is 0.231. The molecule has 3 aromatic rings. The fourth-order valence-electron chi connectivity index (χ4n) is 3.58. The SMILES string of the molecule is CCN(CC)c1ccc(/C=N\NC(=O)CN(c2cccc(C(F)(F)F)c2)S(=O)(=O)c2ccccc2)cc1. The topological polar surface area (TPSA) is 82.1 Å². The highest BCUT2D eigenvalue weighted by Gasteiger charge is 2.33. The molecule has 0 unspecified atom stereocenters. The molecule has 0 aliphatic carbocycles. The van der Waals surface area contributed by atoms with Crippen molar-refractivity contribution in [2.75, 3.05) is 28.8 Å². The monoisotopic (exact) mass is 532 g/mol. The van der Waals surface area contributed by atoms with Crippen LogP contribution in [0.2, 0.25) is 0 Å². The molecule has 3 aromatic carbocycles. The van der Waals surface area contributed by atoms with E-state index >= 15 is 0 Å². The Morgan fingerprint density at radius 2 is 1.57 bits per heavy atom. The summed E-state index contributed by atoms with van der Waals surface area (Å²) in [5.74, 6) is -0.826. The van der Waals surface area contributed by atoms with Crippen molar-refractivity contribution >= 4 is 33.5 Å². The Kier molecular flexibility index (Phi) is 8.93. The van der Waals surface area contributed by atoms with Crippen LogP contribution in [0.15, 0.2) is 88.9 Å². The van der Waals surface area contributed by atoms with E-state index in [1.54, 1.807) is 6.07 Å². The lowest BCUT2D eigenvalue weighted by atomic mass is 10.2. The molecule has 37 heavy (non-hydrogen) atoms. The molecule has 0 spiro atoms. The van der Waals surface area contributed by atoms with Crippen molar-refractivity contribution in [3.05, 3.63) is 90.0 Å². The molecule has 0 bridgehead atoms. The molecule has 0 atom stereocenters. The molecule has 0 radical (unpaired) electrons. The highest BCUT2D eigenvalue weighted by atomic mass is 32.2. The summed E-state index contributed by atoms with van der Waals surface area (Å²) >= 11 is 0. The van der Waals surface area contributed by atoms with Crippen molar-refractivity contribution < 1.29 is 26.4 Å². The molecule has 0 aliphatic rings. The van der Waals surface area contributed by atoms with Crippen molar-refractivity contribution in [1.29, 1.82) is 0 Å². The van der Waals surface area contributed by atoms with Crippen LogP contribution in [0, 0.1) is 0 Å². The third-order valence-electron chi connectivity index (χ3n) is 5.50. The predicted molar refractivity (Wildman–Crippen MR) is 138 cm³/mol. The van der Waals surface area contributed by atoms with Gasteiger partial charge in [0.25, 0.3) is 15.9 Å². The number of amides is 1. The zero-order valence-electron chi connectivity index (χ0n) is 20.3. The quantitative estimate of drug-likeness (QED) is 0.298. The minimum atomic E-state index is -4.69. The van der Waals surface area contributed by atoms with Crippen molar-refractivity contribution in [3.63, 3.8) is 0 Å². The van der Waals surface area contributed by atoms with Crippen molar-refractivity contribution in [1.82, 2.24) is 5.43 Å². The summed E-state index contributed by atoms with van der Waals surface area (Å²) in [5, 5.41) is 3.88. The number of hydrogen-bond acceptors (Lipinski definition) is 5. The lowest BCUT2D eigenvalue weighted by Gasteiger charge is -2.24. The van der Waals surface area contributed by atoms with Gasteiger partial charge in [-0.05, 0) is 61.9 Å². The highest BCUT2D eigenvalue weighted by molar-refractivity contribution is 7.92. The molecule has 0 aliphatic heterocycles. The maximum atomic E-state index is 13.3. The second-order valence-electron chi connectivity index (χ2n) is 7.93. The Balaban J connectivity index is 1.82. The van der Waals surface area contributed by atoms with Gasteiger partial charge in [0.05, 0.1) is 22.4 Å². The van der Waals surface area contributed by atoms with E-state index in [0.29, 0.717) is 15.9 Å². The summed E-state index contributed by atoms with van der Waals surface area (Å²) in [6.45, 7) is 5.03. The number of alkyl halides is 3. The Hall–Kier alpha value is -3.86. The third kappa shape index (κ3) is 7.10. The molecule has 0 saturated carbocycles. The van der Waals surface area contributed by atoms with Crippen LogP contribution in [0.4, 0.5) is 24.5 Å². The number of rotatable bonds is 10. The normalized spacial score (nSPS) is 11.9. The maximum Gasteiger partial charge on any atom is 0.416 e. The van der Waals surface area contributed by atoms with Gasteiger partial charge < -0.3 is 4.90 Å². The standard InChI is InChI=1S/C26H27F3N4O3S/c1-3-32(4-2)22-15-13-20(14-16-22)18-30-31-25(34)19-33(37(35,36)24-11-6-5-7-12-24)23-10-8-9-21(17-23)26(27,28)29/h5-18H,3-4,19H2,1-2H3,(H,31,34)/b30-18-. The van der Waals surface area contributed by atoms with Crippen LogP contribution in [0.25, 0.3) is 0 Å². The average molecular weight is 533 g/mol. The van der Waals surface area contributed by atoms with E-state index in [2.05, 4.69) is 29.3 Å². The summed E-state index contributed by atoms with van der Waals surface area (Å²) in [5.41, 5.74) is 2.65. The summed E-state index contributed by atoms with van der Waals surface area (Å²) < 4.78 is 67.0. The molecule has 0 heterocycles. The second-order valence-corrected chi connectivity index (χ2v) is 9.79. The number of nitrogens with zero attached hydrogens (tertiary/aromatic N) is 3. The van der Waals surface area contributed by atoms with Crippen LogP contribution in [0.1, 0.15) is 25.0 Å². The maximum absolute atomic E-state index is 13.3. The minimum absolute atomic E-state index is 0.169. The van der Waals surface area contributed by atoms with Crippen LogP contribution in [0.5, 0.6) is 0 Å². The molecule has 3 rings (SSSR count). The third-order valence-corrected chi connectivity index (χ3v) is 7.29. The number of carbonyl (C=O) groups is 1. The Morgan fingerprint density at radius 1 is 0.919 bits per heavy atom. The molecule has 0 saturated heterocycles. The zero-order valence-corrected chi connectivity index (χ0v) is 21.1. The van der Waals surface area contributed by atoms with E-state index in [9.17, 15) is 26.4 Å².